The van der Waals surface area contributed by atoms with Crippen LogP contribution in [-0.4, -0.2) is 7.85 Å². The lowest BCUT2D eigenvalue weighted by molar-refractivity contribution is 0.669. The molecule has 1 nitrogen and oxygen atoms in total. The molecule has 0 fully saturated rings. The van der Waals surface area contributed by atoms with Crippen LogP contribution >= 0.6 is 0 Å². The molecule has 1 aliphatic rings. The van der Waals surface area contributed by atoms with Gasteiger partial charge in [-0.15, -0.1) is 0 Å². The van der Waals surface area contributed by atoms with Gasteiger partial charge in [0.1, 0.15) is 19.0 Å². The van der Waals surface area contributed by atoms with Crippen molar-refractivity contribution in [3.8, 4) is 22.3 Å². The fraction of sp³-hybridized carbons (Fsp3) is 0. The summed E-state index contributed by atoms with van der Waals surface area (Å²) >= 11 is 0. The maximum absolute atomic E-state index is 6.14. The predicted molar refractivity (Wildman–Crippen MR) is 101 cm³/mol. The van der Waals surface area contributed by atoms with E-state index in [2.05, 4.69) is 54.6 Å². The van der Waals surface area contributed by atoms with E-state index in [4.69, 9.17) is 12.3 Å². The largest absolute Gasteiger partial charge is 0.456 e. The van der Waals surface area contributed by atoms with Crippen LogP contribution in [0.25, 0.3) is 55.0 Å². The molecule has 2 radical (unpaired) electrons. The molecule has 5 aromatic rings. The number of fused-ring (bicyclic) bond motifs is 7. The van der Waals surface area contributed by atoms with Gasteiger partial charge < -0.3 is 4.42 Å². The zero-order chi connectivity index (χ0) is 15.8. The standard InChI is InChI=1S/C22H11BO/c23-12-8-9-16-19(10-12)24-20-11-18-14-5-2-1-4-13(14)15-6-3-7-17(21(15)18)22(16)20/h1-11H. The van der Waals surface area contributed by atoms with E-state index in [9.17, 15) is 0 Å². The summed E-state index contributed by atoms with van der Waals surface area (Å²) in [5, 5.41) is 4.88. The molecule has 1 aromatic heterocycles. The van der Waals surface area contributed by atoms with Gasteiger partial charge >= 0.3 is 0 Å². The summed E-state index contributed by atoms with van der Waals surface area (Å²) in [4.78, 5) is 0. The molecule has 0 atom stereocenters. The molecule has 1 aliphatic carbocycles. The second-order valence-corrected chi connectivity index (χ2v) is 6.43. The molecule has 2 heteroatoms. The van der Waals surface area contributed by atoms with Crippen LogP contribution < -0.4 is 5.46 Å². The maximum atomic E-state index is 6.14. The van der Waals surface area contributed by atoms with Crippen molar-refractivity contribution in [2.75, 3.05) is 0 Å². The first-order valence-corrected chi connectivity index (χ1v) is 8.08. The van der Waals surface area contributed by atoms with Gasteiger partial charge in [-0.05, 0) is 45.2 Å². The number of benzene rings is 4. The molecule has 0 spiro atoms. The van der Waals surface area contributed by atoms with Crippen molar-refractivity contribution in [2.45, 2.75) is 0 Å². The fourth-order valence-corrected chi connectivity index (χ4v) is 4.16. The molecule has 6 rings (SSSR count). The third-order valence-electron chi connectivity index (χ3n) is 5.13. The van der Waals surface area contributed by atoms with E-state index in [1.54, 1.807) is 0 Å². The van der Waals surface area contributed by atoms with E-state index in [-0.39, 0.29) is 0 Å². The highest BCUT2D eigenvalue weighted by Crippen LogP contribution is 2.50. The molecule has 24 heavy (non-hydrogen) atoms. The molecule has 0 N–H and O–H groups in total. The van der Waals surface area contributed by atoms with E-state index < -0.39 is 0 Å². The molecular formula is C22H11BO. The minimum absolute atomic E-state index is 0.726. The van der Waals surface area contributed by atoms with Crippen LogP contribution in [0.4, 0.5) is 0 Å². The summed E-state index contributed by atoms with van der Waals surface area (Å²) in [6.07, 6.45) is 0. The molecule has 0 saturated carbocycles. The first kappa shape index (κ1) is 12.4. The summed E-state index contributed by atoms with van der Waals surface area (Å²) in [5.74, 6) is 0. The lowest BCUT2D eigenvalue weighted by Gasteiger charge is -2.03. The van der Waals surface area contributed by atoms with Gasteiger partial charge in [-0.1, -0.05) is 60.1 Å². The average Bonchev–Trinajstić information content (AvgIpc) is 3.12. The number of rotatable bonds is 0. The Morgan fingerprint density at radius 2 is 1.38 bits per heavy atom. The van der Waals surface area contributed by atoms with Gasteiger partial charge in [0.25, 0.3) is 0 Å². The molecule has 0 saturated heterocycles. The maximum Gasteiger partial charge on any atom is 0.136 e. The first-order chi connectivity index (χ1) is 11.8. The van der Waals surface area contributed by atoms with Crippen molar-refractivity contribution in [1.29, 1.82) is 0 Å². The molecule has 108 valence electrons. The van der Waals surface area contributed by atoms with Crippen molar-refractivity contribution in [3.63, 3.8) is 0 Å². The Balaban J connectivity index is 1.91. The Kier molecular flexibility index (Phi) is 2.12. The van der Waals surface area contributed by atoms with Gasteiger partial charge in [0, 0.05) is 10.8 Å². The van der Waals surface area contributed by atoms with Gasteiger partial charge in [-0.2, -0.15) is 0 Å². The third-order valence-corrected chi connectivity index (χ3v) is 5.13. The van der Waals surface area contributed by atoms with Gasteiger partial charge in [-0.25, -0.2) is 0 Å². The smallest absolute Gasteiger partial charge is 0.136 e. The lowest BCUT2D eigenvalue weighted by atomic mass is 9.94. The summed E-state index contributed by atoms with van der Waals surface area (Å²) in [6, 6.07) is 23.2. The van der Waals surface area contributed by atoms with E-state index in [0.717, 1.165) is 22.0 Å². The van der Waals surface area contributed by atoms with Crippen molar-refractivity contribution in [2.24, 2.45) is 0 Å². The van der Waals surface area contributed by atoms with Crippen LogP contribution in [0, 0.1) is 0 Å². The molecule has 0 aliphatic heterocycles. The van der Waals surface area contributed by atoms with Crippen LogP contribution in [0.15, 0.2) is 71.1 Å². The highest BCUT2D eigenvalue weighted by Gasteiger charge is 2.24. The third kappa shape index (κ3) is 1.37. The molecule has 0 bridgehead atoms. The summed E-state index contributed by atoms with van der Waals surface area (Å²) in [5.41, 5.74) is 7.66. The van der Waals surface area contributed by atoms with Gasteiger partial charge in [0.15, 0.2) is 0 Å². The molecule has 1 heterocycles. The van der Waals surface area contributed by atoms with Crippen LogP contribution in [0.1, 0.15) is 0 Å². The predicted octanol–water partition coefficient (Wildman–Crippen LogP) is 5.18. The molecule has 0 unspecified atom stereocenters. The van der Waals surface area contributed by atoms with E-state index >= 15 is 0 Å². The first-order valence-electron chi connectivity index (χ1n) is 8.08. The molecular weight excluding hydrogens is 291 g/mol. The van der Waals surface area contributed by atoms with Crippen LogP contribution in [-0.2, 0) is 0 Å². The Bertz CT molecular complexity index is 1310. The average molecular weight is 302 g/mol. The fourth-order valence-electron chi connectivity index (χ4n) is 4.16. The SMILES string of the molecule is [B]c1ccc2c(c1)oc1cc3c4c(cccc4c12)-c1ccccc1-3. The van der Waals surface area contributed by atoms with Gasteiger partial charge in [0.2, 0.25) is 0 Å². The van der Waals surface area contributed by atoms with Crippen molar-refractivity contribution in [3.05, 3.63) is 66.7 Å². The highest BCUT2D eigenvalue weighted by atomic mass is 16.3. The Labute approximate surface area is 139 Å². The Morgan fingerprint density at radius 3 is 2.25 bits per heavy atom. The van der Waals surface area contributed by atoms with E-state index in [1.807, 2.05) is 12.1 Å². The number of hydrogen-bond donors (Lipinski definition) is 0. The Hall–Kier alpha value is -3.00. The van der Waals surface area contributed by atoms with Crippen LogP contribution in [0.3, 0.4) is 0 Å². The van der Waals surface area contributed by atoms with Crippen molar-refractivity contribution >= 4 is 46.0 Å². The molecule has 0 amide bonds. The van der Waals surface area contributed by atoms with Crippen LogP contribution in [0.2, 0.25) is 0 Å². The minimum atomic E-state index is 0.726. The summed E-state index contributed by atoms with van der Waals surface area (Å²) in [6.45, 7) is 0. The summed E-state index contributed by atoms with van der Waals surface area (Å²) < 4.78 is 6.14. The topological polar surface area (TPSA) is 13.1 Å². The monoisotopic (exact) mass is 302 g/mol. The normalized spacial score (nSPS) is 12.3. The molecule has 4 aromatic carbocycles. The van der Waals surface area contributed by atoms with Crippen molar-refractivity contribution < 1.29 is 4.42 Å². The minimum Gasteiger partial charge on any atom is -0.456 e. The Morgan fingerprint density at radius 1 is 0.583 bits per heavy atom. The van der Waals surface area contributed by atoms with Crippen molar-refractivity contribution in [1.82, 2.24) is 0 Å². The van der Waals surface area contributed by atoms with Crippen LogP contribution in [0.5, 0.6) is 0 Å². The number of furan rings is 1. The lowest BCUT2D eigenvalue weighted by Crippen LogP contribution is -1.98. The highest BCUT2D eigenvalue weighted by molar-refractivity contribution is 6.34. The zero-order valence-corrected chi connectivity index (χ0v) is 12.8. The van der Waals surface area contributed by atoms with Gasteiger partial charge in [0.05, 0.1) is 0 Å². The van der Waals surface area contributed by atoms with Gasteiger partial charge in [-0.3, -0.25) is 0 Å². The summed E-state index contributed by atoms with van der Waals surface area (Å²) in [7, 11) is 5.93. The quantitative estimate of drug-likeness (QED) is 0.352. The second kappa shape index (κ2) is 4.10. The number of hydrogen-bond acceptors (Lipinski definition) is 1. The zero-order valence-electron chi connectivity index (χ0n) is 12.8. The van der Waals surface area contributed by atoms with E-state index in [1.165, 1.54) is 38.4 Å². The second-order valence-electron chi connectivity index (χ2n) is 6.43. The van der Waals surface area contributed by atoms with E-state index in [0.29, 0.717) is 0 Å².